The Morgan fingerprint density at radius 1 is 1.00 bits per heavy atom. The maximum absolute atomic E-state index is 13.9. The predicted molar refractivity (Wildman–Crippen MR) is 85.7 cm³/mol. The first-order chi connectivity index (χ1) is 10.7. The van der Waals surface area contributed by atoms with Gasteiger partial charge in [0.2, 0.25) is 0 Å². The number of hydrogen-bond donors (Lipinski definition) is 0. The number of rotatable bonds is 4. The van der Waals surface area contributed by atoms with Gasteiger partial charge in [0.25, 0.3) is 0 Å². The molecule has 2 aromatic carbocycles. The van der Waals surface area contributed by atoms with Gasteiger partial charge in [-0.3, -0.25) is 4.98 Å². The Labute approximate surface area is 128 Å². The summed E-state index contributed by atoms with van der Waals surface area (Å²) in [6.45, 7) is 2.09. The molecular weight excluding hydrogens is 280 g/mol. The second-order valence-electron chi connectivity index (χ2n) is 5.43. The van der Waals surface area contributed by atoms with E-state index < -0.39 is 0 Å². The summed E-state index contributed by atoms with van der Waals surface area (Å²) in [5.41, 5.74) is 2.33. The second-order valence-corrected chi connectivity index (χ2v) is 5.43. The Morgan fingerprint density at radius 3 is 2.68 bits per heavy atom. The topological polar surface area (TPSA) is 12.9 Å². The third-order valence-corrected chi connectivity index (χ3v) is 3.85. The van der Waals surface area contributed by atoms with Crippen LogP contribution in [0, 0.1) is 11.6 Å². The molecule has 3 rings (SSSR count). The van der Waals surface area contributed by atoms with E-state index >= 15 is 0 Å². The van der Waals surface area contributed by atoms with Crippen LogP contribution in [0.1, 0.15) is 25.3 Å². The number of hydrogen-bond acceptors (Lipinski definition) is 1. The van der Waals surface area contributed by atoms with Gasteiger partial charge in [0.15, 0.2) is 0 Å². The van der Waals surface area contributed by atoms with E-state index in [9.17, 15) is 8.78 Å². The fraction of sp³-hybridized carbons (Fsp3) is 0.211. The zero-order valence-electron chi connectivity index (χ0n) is 12.4. The van der Waals surface area contributed by atoms with Crippen LogP contribution in [0.3, 0.4) is 0 Å². The minimum Gasteiger partial charge on any atom is -0.256 e. The molecule has 22 heavy (non-hydrogen) atoms. The van der Waals surface area contributed by atoms with E-state index in [1.807, 2.05) is 6.07 Å². The van der Waals surface area contributed by atoms with Gasteiger partial charge in [0, 0.05) is 17.1 Å². The third kappa shape index (κ3) is 2.84. The van der Waals surface area contributed by atoms with E-state index in [0.29, 0.717) is 5.56 Å². The molecule has 3 heteroatoms. The van der Waals surface area contributed by atoms with Crippen molar-refractivity contribution in [3.05, 3.63) is 65.9 Å². The van der Waals surface area contributed by atoms with Crippen molar-refractivity contribution >= 4 is 10.8 Å². The highest BCUT2D eigenvalue weighted by atomic mass is 19.1. The quantitative estimate of drug-likeness (QED) is 0.617. The molecule has 0 amide bonds. The van der Waals surface area contributed by atoms with Crippen molar-refractivity contribution in [3.63, 3.8) is 0 Å². The highest BCUT2D eigenvalue weighted by Crippen LogP contribution is 2.28. The molecule has 1 aromatic heterocycles. The van der Waals surface area contributed by atoms with Gasteiger partial charge in [-0.15, -0.1) is 0 Å². The lowest BCUT2D eigenvalue weighted by atomic mass is 9.99. The van der Waals surface area contributed by atoms with Crippen molar-refractivity contribution in [1.29, 1.82) is 0 Å². The Kier molecular flexibility index (Phi) is 4.14. The van der Waals surface area contributed by atoms with Crippen LogP contribution in [-0.2, 0) is 6.42 Å². The maximum Gasteiger partial charge on any atom is 0.126 e. The number of nitrogens with zero attached hydrogens (tertiary/aromatic N) is 1. The van der Waals surface area contributed by atoms with Gasteiger partial charge in [0.05, 0.1) is 5.69 Å². The van der Waals surface area contributed by atoms with Crippen molar-refractivity contribution in [1.82, 2.24) is 4.98 Å². The van der Waals surface area contributed by atoms with Gasteiger partial charge >= 0.3 is 0 Å². The van der Waals surface area contributed by atoms with Gasteiger partial charge in [-0.05, 0) is 66.3 Å². The molecular formula is C19H17F2N. The summed E-state index contributed by atoms with van der Waals surface area (Å²) in [5.74, 6) is -0.448. The molecule has 0 aliphatic carbocycles. The van der Waals surface area contributed by atoms with E-state index in [1.54, 1.807) is 24.4 Å². The molecule has 0 radical (unpaired) electrons. The molecule has 0 unspecified atom stereocenters. The molecule has 0 aliphatic rings. The summed E-state index contributed by atoms with van der Waals surface area (Å²) in [5, 5.41) is 1.67. The molecule has 3 aromatic rings. The van der Waals surface area contributed by atoms with Gasteiger partial charge < -0.3 is 0 Å². The van der Waals surface area contributed by atoms with Crippen LogP contribution in [0.4, 0.5) is 8.78 Å². The number of aryl methyl sites for hydroxylation is 1. The molecule has 112 valence electrons. The van der Waals surface area contributed by atoms with Crippen molar-refractivity contribution in [3.8, 4) is 11.3 Å². The lowest BCUT2D eigenvalue weighted by Gasteiger charge is -2.09. The van der Waals surface area contributed by atoms with Crippen LogP contribution in [0.2, 0.25) is 0 Å². The number of unbranched alkanes of at least 4 members (excludes halogenated alkanes) is 1. The van der Waals surface area contributed by atoms with E-state index in [4.69, 9.17) is 0 Å². The van der Waals surface area contributed by atoms with Crippen molar-refractivity contribution in [2.45, 2.75) is 26.2 Å². The van der Waals surface area contributed by atoms with Gasteiger partial charge in [-0.25, -0.2) is 8.78 Å². The lowest BCUT2D eigenvalue weighted by molar-refractivity contribution is 0.603. The van der Waals surface area contributed by atoms with Gasteiger partial charge in [0.1, 0.15) is 11.6 Å². The molecule has 0 saturated carbocycles. The average molecular weight is 297 g/mol. The summed E-state index contributed by atoms with van der Waals surface area (Å²) in [7, 11) is 0. The first-order valence-corrected chi connectivity index (χ1v) is 7.52. The first kappa shape index (κ1) is 14.6. The molecule has 0 N–H and O–H groups in total. The summed E-state index contributed by atoms with van der Waals surface area (Å²) >= 11 is 0. The number of pyridine rings is 1. The van der Waals surface area contributed by atoms with Gasteiger partial charge in [-0.1, -0.05) is 13.3 Å². The fourth-order valence-corrected chi connectivity index (χ4v) is 2.66. The minimum absolute atomic E-state index is 0.177. The Morgan fingerprint density at radius 2 is 1.86 bits per heavy atom. The normalized spacial score (nSPS) is 11.0. The first-order valence-electron chi connectivity index (χ1n) is 7.52. The highest BCUT2D eigenvalue weighted by Gasteiger charge is 2.09. The minimum atomic E-state index is -0.271. The lowest BCUT2D eigenvalue weighted by Crippen LogP contribution is -1.93. The zero-order chi connectivity index (χ0) is 15.5. The third-order valence-electron chi connectivity index (χ3n) is 3.85. The van der Waals surface area contributed by atoms with E-state index in [1.165, 1.54) is 18.2 Å². The highest BCUT2D eigenvalue weighted by molar-refractivity contribution is 5.94. The fourth-order valence-electron chi connectivity index (χ4n) is 2.66. The average Bonchev–Trinajstić information content (AvgIpc) is 2.53. The SMILES string of the molecule is CCCCc1cc(-c2nccc3cc(F)ccc23)ccc1F. The Hall–Kier alpha value is -2.29. The standard InChI is InChI=1S/C19H17F2N/c1-2-3-4-14-11-15(5-8-18(14)21)19-17-7-6-16(20)12-13(17)9-10-22-19/h5-12H,2-4H2,1H3. The smallest absolute Gasteiger partial charge is 0.126 e. The van der Waals surface area contributed by atoms with E-state index in [2.05, 4.69) is 11.9 Å². The number of halogens is 2. The van der Waals surface area contributed by atoms with Crippen LogP contribution in [0.5, 0.6) is 0 Å². The van der Waals surface area contributed by atoms with Gasteiger partial charge in [-0.2, -0.15) is 0 Å². The number of benzene rings is 2. The summed E-state index contributed by atoms with van der Waals surface area (Å²) < 4.78 is 27.3. The van der Waals surface area contributed by atoms with Crippen LogP contribution in [0.15, 0.2) is 48.7 Å². The molecule has 0 fully saturated rings. The van der Waals surface area contributed by atoms with E-state index in [-0.39, 0.29) is 11.6 Å². The molecule has 0 saturated heterocycles. The largest absolute Gasteiger partial charge is 0.256 e. The summed E-state index contributed by atoms with van der Waals surface area (Å²) in [6, 6.07) is 11.5. The molecule has 0 atom stereocenters. The number of aromatic nitrogens is 1. The van der Waals surface area contributed by atoms with Crippen molar-refractivity contribution < 1.29 is 8.78 Å². The molecule has 1 nitrogen and oxygen atoms in total. The molecule has 1 heterocycles. The zero-order valence-corrected chi connectivity index (χ0v) is 12.4. The number of fused-ring (bicyclic) bond motifs is 1. The summed E-state index contributed by atoms with van der Waals surface area (Å²) in [6.07, 6.45) is 4.35. The Bertz CT molecular complexity index is 812. The summed E-state index contributed by atoms with van der Waals surface area (Å²) in [4.78, 5) is 4.41. The molecule has 0 aliphatic heterocycles. The van der Waals surface area contributed by atoms with Crippen LogP contribution in [0.25, 0.3) is 22.0 Å². The van der Waals surface area contributed by atoms with Crippen molar-refractivity contribution in [2.75, 3.05) is 0 Å². The maximum atomic E-state index is 13.9. The monoisotopic (exact) mass is 297 g/mol. The second kappa shape index (κ2) is 6.22. The van der Waals surface area contributed by atoms with Crippen molar-refractivity contribution in [2.24, 2.45) is 0 Å². The van der Waals surface area contributed by atoms with Crippen LogP contribution in [-0.4, -0.2) is 4.98 Å². The molecule has 0 bridgehead atoms. The van der Waals surface area contributed by atoms with Crippen LogP contribution < -0.4 is 0 Å². The Balaban J connectivity index is 2.11. The predicted octanol–water partition coefficient (Wildman–Crippen LogP) is 5.52. The van der Waals surface area contributed by atoms with E-state index in [0.717, 1.165) is 41.3 Å². The van der Waals surface area contributed by atoms with Crippen LogP contribution >= 0.6 is 0 Å². The molecule has 0 spiro atoms.